The van der Waals surface area contributed by atoms with Crippen molar-refractivity contribution < 1.29 is 19.4 Å². The van der Waals surface area contributed by atoms with Crippen LogP contribution in [0.25, 0.3) is 0 Å². The number of carboxylic acid groups (broad SMARTS) is 1. The molecule has 6 nitrogen and oxygen atoms in total. The molecular weight excluding hydrogens is 316 g/mol. The highest BCUT2D eigenvalue weighted by Gasteiger charge is 2.39. The van der Waals surface area contributed by atoms with Crippen molar-refractivity contribution in [2.75, 3.05) is 20.3 Å². The first-order valence-electron chi connectivity index (χ1n) is 5.70. The number of hydrogen-bond donors (Lipinski definition) is 1. The molecule has 2 atom stereocenters. The number of carbonyl (C=O) groups excluding carboxylic acids is 1. The lowest BCUT2D eigenvalue weighted by molar-refractivity contribution is -0.142. The first-order chi connectivity index (χ1) is 9.02. The number of carboxylic acids is 1. The monoisotopic (exact) mass is 328 g/mol. The first kappa shape index (κ1) is 14.0. The number of aliphatic carboxylic acids is 1. The van der Waals surface area contributed by atoms with Gasteiger partial charge >= 0.3 is 5.97 Å². The van der Waals surface area contributed by atoms with Crippen molar-refractivity contribution >= 4 is 27.8 Å². The van der Waals surface area contributed by atoms with E-state index in [-0.39, 0.29) is 24.8 Å². The minimum Gasteiger partial charge on any atom is -0.481 e. The average Bonchev–Trinajstić information content (AvgIpc) is 2.87. The fourth-order valence-electron chi connectivity index (χ4n) is 2.02. The van der Waals surface area contributed by atoms with E-state index in [9.17, 15) is 9.59 Å². The molecule has 2 unspecified atom stereocenters. The molecule has 2 rings (SSSR count). The van der Waals surface area contributed by atoms with E-state index in [0.29, 0.717) is 4.47 Å². The summed E-state index contributed by atoms with van der Waals surface area (Å²) in [6.07, 6.45) is 1.52. The molecule has 1 aliphatic rings. The SMILES string of the molecule is CN(C(=O)c1ncccc1Br)C1COCC1C(=O)O. The molecule has 7 heteroatoms. The van der Waals surface area contributed by atoms with Crippen molar-refractivity contribution in [3.8, 4) is 0 Å². The lowest BCUT2D eigenvalue weighted by Crippen LogP contribution is -2.44. The Labute approximate surface area is 118 Å². The molecule has 102 valence electrons. The van der Waals surface area contributed by atoms with E-state index in [1.54, 1.807) is 19.2 Å². The fourth-order valence-corrected chi connectivity index (χ4v) is 2.45. The summed E-state index contributed by atoms with van der Waals surface area (Å²) in [6, 6.07) is 2.95. The van der Waals surface area contributed by atoms with Crippen LogP contribution in [0.4, 0.5) is 0 Å². The number of pyridine rings is 1. The molecule has 1 saturated heterocycles. The Morgan fingerprint density at radius 2 is 2.26 bits per heavy atom. The largest absolute Gasteiger partial charge is 0.481 e. The summed E-state index contributed by atoms with van der Waals surface area (Å²) in [7, 11) is 1.57. The highest BCUT2D eigenvalue weighted by Crippen LogP contribution is 2.22. The zero-order valence-corrected chi connectivity index (χ0v) is 11.8. The Hall–Kier alpha value is -1.47. The van der Waals surface area contributed by atoms with E-state index in [2.05, 4.69) is 20.9 Å². The Bertz CT molecular complexity index is 508. The van der Waals surface area contributed by atoms with Crippen molar-refractivity contribution in [2.45, 2.75) is 6.04 Å². The van der Waals surface area contributed by atoms with Crippen LogP contribution in [0.2, 0.25) is 0 Å². The summed E-state index contributed by atoms with van der Waals surface area (Å²) < 4.78 is 5.74. The molecule has 1 aromatic heterocycles. The number of carbonyl (C=O) groups is 2. The smallest absolute Gasteiger partial charge is 0.311 e. The van der Waals surface area contributed by atoms with Gasteiger partial charge in [-0.2, -0.15) is 0 Å². The number of likely N-dealkylation sites (N-methyl/N-ethyl adjacent to an activating group) is 1. The Balaban J connectivity index is 2.20. The second kappa shape index (κ2) is 5.66. The molecule has 1 amide bonds. The van der Waals surface area contributed by atoms with E-state index >= 15 is 0 Å². The molecule has 0 radical (unpaired) electrons. The summed E-state index contributed by atoms with van der Waals surface area (Å²) in [5.41, 5.74) is 0.265. The van der Waals surface area contributed by atoms with Crippen LogP contribution in [0.1, 0.15) is 10.5 Å². The average molecular weight is 329 g/mol. The van der Waals surface area contributed by atoms with Gasteiger partial charge in [0.2, 0.25) is 0 Å². The third-order valence-electron chi connectivity index (χ3n) is 3.15. The molecule has 0 saturated carbocycles. The van der Waals surface area contributed by atoms with Crippen LogP contribution in [0.3, 0.4) is 0 Å². The maximum atomic E-state index is 12.3. The second-order valence-electron chi connectivity index (χ2n) is 4.30. The van der Waals surface area contributed by atoms with Gasteiger partial charge in [-0.05, 0) is 28.1 Å². The summed E-state index contributed by atoms with van der Waals surface area (Å²) in [5.74, 6) is -1.98. The van der Waals surface area contributed by atoms with Crippen LogP contribution in [0.15, 0.2) is 22.8 Å². The molecule has 2 heterocycles. The number of nitrogens with zero attached hydrogens (tertiary/aromatic N) is 2. The van der Waals surface area contributed by atoms with Gasteiger partial charge in [0.05, 0.1) is 19.3 Å². The maximum absolute atomic E-state index is 12.3. The minimum absolute atomic E-state index is 0.126. The maximum Gasteiger partial charge on any atom is 0.311 e. The normalized spacial score (nSPS) is 22.2. The van der Waals surface area contributed by atoms with E-state index in [0.717, 1.165) is 0 Å². The van der Waals surface area contributed by atoms with Gasteiger partial charge in [-0.25, -0.2) is 4.98 Å². The molecule has 1 aromatic rings. The van der Waals surface area contributed by atoms with E-state index in [4.69, 9.17) is 9.84 Å². The molecule has 1 aliphatic heterocycles. The molecule has 0 bridgehead atoms. The first-order valence-corrected chi connectivity index (χ1v) is 6.50. The molecule has 1 fully saturated rings. The lowest BCUT2D eigenvalue weighted by atomic mass is 10.0. The van der Waals surface area contributed by atoms with Gasteiger partial charge in [0.15, 0.2) is 0 Å². The summed E-state index contributed by atoms with van der Waals surface area (Å²) in [5, 5.41) is 9.10. The summed E-state index contributed by atoms with van der Waals surface area (Å²) in [4.78, 5) is 28.8. The highest BCUT2D eigenvalue weighted by molar-refractivity contribution is 9.10. The van der Waals surface area contributed by atoms with Gasteiger partial charge in [-0.3, -0.25) is 9.59 Å². The van der Waals surface area contributed by atoms with Gasteiger partial charge in [0.1, 0.15) is 11.6 Å². The number of halogens is 1. The Morgan fingerprint density at radius 3 is 2.89 bits per heavy atom. The van der Waals surface area contributed by atoms with Gasteiger partial charge in [0.25, 0.3) is 5.91 Å². The number of rotatable bonds is 3. The minimum atomic E-state index is -0.956. The van der Waals surface area contributed by atoms with Crippen LogP contribution in [0.5, 0.6) is 0 Å². The Morgan fingerprint density at radius 1 is 1.53 bits per heavy atom. The fraction of sp³-hybridized carbons (Fsp3) is 0.417. The topological polar surface area (TPSA) is 79.7 Å². The number of aromatic nitrogens is 1. The van der Waals surface area contributed by atoms with Crippen molar-refractivity contribution in [1.29, 1.82) is 0 Å². The quantitative estimate of drug-likeness (QED) is 0.895. The standard InChI is InChI=1S/C12H13BrN2O4/c1-15(9-6-19-5-7(9)12(17)18)11(16)10-8(13)3-2-4-14-10/h2-4,7,9H,5-6H2,1H3,(H,17,18). The third-order valence-corrected chi connectivity index (χ3v) is 3.79. The van der Waals surface area contributed by atoms with Crippen LogP contribution in [0, 0.1) is 5.92 Å². The molecule has 0 spiro atoms. The molecule has 19 heavy (non-hydrogen) atoms. The molecule has 1 N–H and O–H groups in total. The highest BCUT2D eigenvalue weighted by atomic mass is 79.9. The van der Waals surface area contributed by atoms with Gasteiger partial charge in [-0.1, -0.05) is 0 Å². The lowest BCUT2D eigenvalue weighted by Gasteiger charge is -2.26. The number of hydrogen-bond acceptors (Lipinski definition) is 4. The second-order valence-corrected chi connectivity index (χ2v) is 5.15. The van der Waals surface area contributed by atoms with Crippen molar-refractivity contribution in [1.82, 2.24) is 9.88 Å². The van der Waals surface area contributed by atoms with Gasteiger partial charge in [-0.15, -0.1) is 0 Å². The zero-order valence-electron chi connectivity index (χ0n) is 10.2. The number of amides is 1. The molecule has 0 aromatic carbocycles. The predicted octanol–water partition coefficient (Wildman–Crippen LogP) is 1.02. The van der Waals surface area contributed by atoms with Crippen LogP contribution in [-0.2, 0) is 9.53 Å². The van der Waals surface area contributed by atoms with Gasteiger partial charge in [0, 0.05) is 17.7 Å². The van der Waals surface area contributed by atoms with Gasteiger partial charge < -0.3 is 14.7 Å². The molecular formula is C12H13BrN2O4. The van der Waals surface area contributed by atoms with E-state index in [1.165, 1.54) is 11.1 Å². The summed E-state index contributed by atoms with van der Waals surface area (Å²) >= 11 is 3.26. The van der Waals surface area contributed by atoms with E-state index < -0.39 is 17.9 Å². The Kier molecular flexibility index (Phi) is 4.16. The van der Waals surface area contributed by atoms with Crippen LogP contribution < -0.4 is 0 Å². The number of ether oxygens (including phenoxy) is 1. The van der Waals surface area contributed by atoms with Crippen LogP contribution in [-0.4, -0.2) is 53.2 Å². The molecule has 0 aliphatic carbocycles. The van der Waals surface area contributed by atoms with Crippen molar-refractivity contribution in [2.24, 2.45) is 5.92 Å². The van der Waals surface area contributed by atoms with Crippen molar-refractivity contribution in [3.63, 3.8) is 0 Å². The van der Waals surface area contributed by atoms with E-state index in [1.807, 2.05) is 0 Å². The van der Waals surface area contributed by atoms with Crippen molar-refractivity contribution in [3.05, 3.63) is 28.5 Å². The summed E-state index contributed by atoms with van der Waals surface area (Å²) in [6.45, 7) is 0.352. The third kappa shape index (κ3) is 2.76. The predicted molar refractivity (Wildman–Crippen MR) is 69.8 cm³/mol. The van der Waals surface area contributed by atoms with Crippen LogP contribution >= 0.6 is 15.9 Å². The zero-order chi connectivity index (χ0) is 14.0.